The smallest absolute Gasteiger partial charge is 0.117 e. The van der Waals surface area contributed by atoms with Gasteiger partial charge in [-0.05, 0) is 43.9 Å². The number of hydrogen-bond donors (Lipinski definition) is 1. The van der Waals surface area contributed by atoms with E-state index in [0.29, 0.717) is 0 Å². The molecule has 2 atom stereocenters. The zero-order chi connectivity index (χ0) is 14.4. The molecule has 0 amide bonds. The van der Waals surface area contributed by atoms with Gasteiger partial charge in [-0.25, -0.2) is 0 Å². The van der Waals surface area contributed by atoms with Crippen molar-refractivity contribution < 1.29 is 4.42 Å². The van der Waals surface area contributed by atoms with Crippen molar-refractivity contribution in [2.75, 3.05) is 13.1 Å². The fraction of sp³-hybridized carbons (Fsp3) is 0.765. The molecule has 1 aliphatic rings. The lowest BCUT2D eigenvalue weighted by atomic mass is 9.87. The van der Waals surface area contributed by atoms with Crippen LogP contribution < -0.4 is 5.73 Å². The summed E-state index contributed by atoms with van der Waals surface area (Å²) in [4.78, 5) is 2.55. The van der Waals surface area contributed by atoms with E-state index >= 15 is 0 Å². The first kappa shape index (κ1) is 15.6. The molecular formula is C17H30N2O. The second-order valence-corrected chi connectivity index (χ2v) is 6.23. The molecule has 0 saturated heterocycles. The Balaban J connectivity index is 2.10. The molecule has 1 fully saturated rings. The first-order valence-electron chi connectivity index (χ1n) is 8.21. The Kier molecular flexibility index (Phi) is 5.67. The predicted molar refractivity (Wildman–Crippen MR) is 83.4 cm³/mol. The Bertz CT molecular complexity index is 376. The molecular weight excluding hydrogens is 248 g/mol. The summed E-state index contributed by atoms with van der Waals surface area (Å²) in [5.74, 6) is 1.95. The van der Waals surface area contributed by atoms with Crippen molar-refractivity contribution in [3.8, 4) is 0 Å². The van der Waals surface area contributed by atoms with E-state index < -0.39 is 0 Å². The van der Waals surface area contributed by atoms with Crippen LogP contribution in [0.5, 0.6) is 0 Å². The van der Waals surface area contributed by atoms with Crippen LogP contribution in [0.3, 0.4) is 0 Å². The molecule has 0 spiro atoms. The summed E-state index contributed by atoms with van der Waals surface area (Å²) in [5, 5.41) is 0. The van der Waals surface area contributed by atoms with Crippen LogP contribution in [0, 0.1) is 5.92 Å². The SMILES string of the molecule is CCC1CCCC(CN)(N(CC)Cc2ccco2)CC1. The highest BCUT2D eigenvalue weighted by atomic mass is 16.3. The molecule has 1 saturated carbocycles. The standard InChI is InChI=1S/C17H30N2O/c1-3-15-7-5-10-17(14-18,11-9-15)19(4-2)13-16-8-6-12-20-16/h6,8,12,15H,3-5,7,9-11,13-14,18H2,1-2H3. The Hall–Kier alpha value is -0.800. The zero-order valence-electron chi connectivity index (χ0n) is 13.1. The largest absolute Gasteiger partial charge is 0.468 e. The molecule has 20 heavy (non-hydrogen) atoms. The van der Waals surface area contributed by atoms with Gasteiger partial charge in [0.2, 0.25) is 0 Å². The number of furan rings is 1. The normalized spacial score (nSPS) is 27.7. The van der Waals surface area contributed by atoms with Gasteiger partial charge in [0.15, 0.2) is 0 Å². The average molecular weight is 278 g/mol. The van der Waals surface area contributed by atoms with Gasteiger partial charge in [0, 0.05) is 12.1 Å². The number of rotatable bonds is 6. The lowest BCUT2D eigenvalue weighted by Crippen LogP contribution is -2.53. The molecule has 0 aliphatic heterocycles. The van der Waals surface area contributed by atoms with Crippen LogP contribution >= 0.6 is 0 Å². The van der Waals surface area contributed by atoms with E-state index in [4.69, 9.17) is 10.2 Å². The maximum atomic E-state index is 6.23. The number of nitrogens with zero attached hydrogens (tertiary/aromatic N) is 1. The Labute approximate surface area is 123 Å². The monoisotopic (exact) mass is 278 g/mol. The number of nitrogens with two attached hydrogens (primary N) is 1. The highest BCUT2D eigenvalue weighted by Crippen LogP contribution is 2.36. The fourth-order valence-corrected chi connectivity index (χ4v) is 3.73. The Morgan fingerprint density at radius 2 is 2.20 bits per heavy atom. The number of likely N-dealkylation sites (N-methyl/N-ethyl adjacent to an activating group) is 1. The zero-order valence-corrected chi connectivity index (χ0v) is 13.1. The fourth-order valence-electron chi connectivity index (χ4n) is 3.73. The Morgan fingerprint density at radius 1 is 1.35 bits per heavy atom. The first-order chi connectivity index (χ1) is 9.74. The second-order valence-electron chi connectivity index (χ2n) is 6.23. The average Bonchev–Trinajstić information content (AvgIpc) is 2.90. The topological polar surface area (TPSA) is 42.4 Å². The second kappa shape index (κ2) is 7.28. The van der Waals surface area contributed by atoms with Gasteiger partial charge in [-0.1, -0.05) is 33.1 Å². The van der Waals surface area contributed by atoms with Crippen LogP contribution in [0.1, 0.15) is 58.1 Å². The van der Waals surface area contributed by atoms with Crippen molar-refractivity contribution in [1.82, 2.24) is 4.90 Å². The van der Waals surface area contributed by atoms with Crippen LogP contribution in [-0.4, -0.2) is 23.5 Å². The van der Waals surface area contributed by atoms with Crippen molar-refractivity contribution >= 4 is 0 Å². The lowest BCUT2D eigenvalue weighted by molar-refractivity contribution is 0.0676. The summed E-state index contributed by atoms with van der Waals surface area (Å²) in [5.41, 5.74) is 6.40. The van der Waals surface area contributed by atoms with E-state index in [2.05, 4.69) is 24.8 Å². The summed E-state index contributed by atoms with van der Waals surface area (Å²) in [6.45, 7) is 7.24. The summed E-state index contributed by atoms with van der Waals surface area (Å²) in [7, 11) is 0. The molecule has 2 rings (SSSR count). The van der Waals surface area contributed by atoms with Gasteiger partial charge in [0.25, 0.3) is 0 Å². The van der Waals surface area contributed by atoms with E-state index in [-0.39, 0.29) is 5.54 Å². The summed E-state index contributed by atoms with van der Waals surface area (Å²) >= 11 is 0. The molecule has 0 aromatic carbocycles. The van der Waals surface area contributed by atoms with Crippen molar-refractivity contribution in [3.63, 3.8) is 0 Å². The van der Waals surface area contributed by atoms with Gasteiger partial charge >= 0.3 is 0 Å². The number of hydrogen-bond acceptors (Lipinski definition) is 3. The molecule has 1 aliphatic carbocycles. The Morgan fingerprint density at radius 3 is 2.80 bits per heavy atom. The van der Waals surface area contributed by atoms with E-state index in [1.54, 1.807) is 6.26 Å². The molecule has 1 aromatic heterocycles. The van der Waals surface area contributed by atoms with Crippen LogP contribution in [0.15, 0.2) is 22.8 Å². The van der Waals surface area contributed by atoms with Crippen molar-refractivity contribution in [3.05, 3.63) is 24.2 Å². The summed E-state index contributed by atoms with van der Waals surface area (Å²) < 4.78 is 5.54. The first-order valence-corrected chi connectivity index (χ1v) is 8.21. The van der Waals surface area contributed by atoms with Crippen LogP contribution in [0.25, 0.3) is 0 Å². The van der Waals surface area contributed by atoms with Gasteiger partial charge in [-0.2, -0.15) is 0 Å². The predicted octanol–water partition coefficient (Wildman–Crippen LogP) is 3.79. The maximum Gasteiger partial charge on any atom is 0.117 e. The highest BCUT2D eigenvalue weighted by molar-refractivity contribution is 5.01. The molecule has 3 nitrogen and oxygen atoms in total. The molecule has 0 bridgehead atoms. The molecule has 114 valence electrons. The summed E-state index contributed by atoms with van der Waals surface area (Å²) in [6, 6.07) is 4.04. The molecule has 2 N–H and O–H groups in total. The molecule has 0 radical (unpaired) electrons. The van der Waals surface area contributed by atoms with E-state index in [1.807, 2.05) is 6.07 Å². The van der Waals surface area contributed by atoms with Crippen molar-refractivity contribution in [2.24, 2.45) is 11.7 Å². The van der Waals surface area contributed by atoms with Gasteiger partial charge in [-0.3, -0.25) is 4.90 Å². The molecule has 1 aromatic rings. The summed E-state index contributed by atoms with van der Waals surface area (Å²) in [6.07, 6.45) is 9.54. The third-order valence-electron chi connectivity index (χ3n) is 5.21. The van der Waals surface area contributed by atoms with E-state index in [0.717, 1.165) is 31.3 Å². The maximum absolute atomic E-state index is 6.23. The molecule has 2 unspecified atom stereocenters. The van der Waals surface area contributed by atoms with Gasteiger partial charge in [0.05, 0.1) is 12.8 Å². The molecule has 1 heterocycles. The van der Waals surface area contributed by atoms with Crippen LogP contribution in [-0.2, 0) is 6.54 Å². The van der Waals surface area contributed by atoms with E-state index in [9.17, 15) is 0 Å². The van der Waals surface area contributed by atoms with Crippen molar-refractivity contribution in [2.45, 2.75) is 64.5 Å². The highest BCUT2D eigenvalue weighted by Gasteiger charge is 2.36. The minimum Gasteiger partial charge on any atom is -0.468 e. The van der Waals surface area contributed by atoms with Gasteiger partial charge in [0.1, 0.15) is 5.76 Å². The van der Waals surface area contributed by atoms with Crippen molar-refractivity contribution in [1.29, 1.82) is 0 Å². The van der Waals surface area contributed by atoms with Crippen LogP contribution in [0.4, 0.5) is 0 Å². The van der Waals surface area contributed by atoms with Gasteiger partial charge in [-0.15, -0.1) is 0 Å². The minimum atomic E-state index is 0.172. The third kappa shape index (κ3) is 3.44. The lowest BCUT2D eigenvalue weighted by Gasteiger charge is -2.42. The quantitative estimate of drug-likeness (QED) is 0.805. The minimum absolute atomic E-state index is 0.172. The van der Waals surface area contributed by atoms with E-state index in [1.165, 1.54) is 38.5 Å². The van der Waals surface area contributed by atoms with Crippen LogP contribution in [0.2, 0.25) is 0 Å². The third-order valence-corrected chi connectivity index (χ3v) is 5.21. The molecule has 3 heteroatoms. The van der Waals surface area contributed by atoms with Gasteiger partial charge < -0.3 is 10.2 Å².